The Morgan fingerprint density at radius 3 is 1.93 bits per heavy atom. The van der Waals surface area contributed by atoms with Crippen molar-refractivity contribution in [3.05, 3.63) is 35.1 Å². The molecule has 0 N–H and O–H groups in total. The van der Waals surface area contributed by atoms with Crippen molar-refractivity contribution < 1.29 is 13.2 Å². The Bertz CT molecular complexity index is 608. The minimum absolute atomic E-state index is 0.505. The summed E-state index contributed by atoms with van der Waals surface area (Å²) in [7, 11) is -0.505. The maximum atomic E-state index is 13.3. The lowest BCUT2D eigenvalue weighted by Crippen LogP contribution is -2.29. The van der Waals surface area contributed by atoms with E-state index in [-0.39, 0.29) is 0 Å². The summed E-state index contributed by atoms with van der Waals surface area (Å²) in [4.78, 5) is 0. The fraction of sp³-hybridized carbons (Fsp3) is 0.769. The second kappa shape index (κ2) is 12.3. The van der Waals surface area contributed by atoms with Crippen LogP contribution >= 0.6 is 0 Å². The Morgan fingerprint density at radius 2 is 1.33 bits per heavy atom. The standard InChI is InChI=1S/C26H41F3Si/c1-2-3-4-7-21-14-16-30(17-15-21)23-12-10-20(11-13-23)8-5-6-9-22-18-24(27)26(29)25(28)19-22/h18-21,23,30H,2-17H2,1H3/t20-,21-,23-,30-. The third-order valence-electron chi connectivity index (χ3n) is 8.04. The van der Waals surface area contributed by atoms with Crippen molar-refractivity contribution in [1.82, 2.24) is 0 Å². The van der Waals surface area contributed by atoms with Crippen LogP contribution in [0.2, 0.25) is 17.6 Å². The van der Waals surface area contributed by atoms with Crippen molar-refractivity contribution in [3.63, 3.8) is 0 Å². The summed E-state index contributed by atoms with van der Waals surface area (Å²) in [5.41, 5.74) is 1.68. The molecule has 1 saturated carbocycles. The first-order chi connectivity index (χ1) is 14.6. The Hall–Kier alpha value is -0.773. The van der Waals surface area contributed by atoms with E-state index in [4.69, 9.17) is 0 Å². The van der Waals surface area contributed by atoms with Crippen LogP contribution in [0.15, 0.2) is 12.1 Å². The molecule has 2 fully saturated rings. The van der Waals surface area contributed by atoms with Crippen LogP contribution in [-0.4, -0.2) is 8.80 Å². The molecule has 0 spiro atoms. The molecular formula is C26H41F3Si. The molecule has 0 unspecified atom stereocenters. The van der Waals surface area contributed by atoms with Crippen LogP contribution in [0.5, 0.6) is 0 Å². The maximum absolute atomic E-state index is 13.3. The van der Waals surface area contributed by atoms with E-state index in [1.54, 1.807) is 12.1 Å². The largest absolute Gasteiger partial charge is 0.204 e. The van der Waals surface area contributed by atoms with Crippen molar-refractivity contribution in [1.29, 1.82) is 0 Å². The van der Waals surface area contributed by atoms with Gasteiger partial charge in [0.1, 0.15) is 0 Å². The van der Waals surface area contributed by atoms with Gasteiger partial charge in [-0.25, -0.2) is 13.2 Å². The lowest BCUT2D eigenvalue weighted by atomic mass is 9.85. The third kappa shape index (κ3) is 7.14. The number of hydrogen-bond acceptors (Lipinski definition) is 0. The minimum Gasteiger partial charge on any atom is -0.204 e. The van der Waals surface area contributed by atoms with Crippen LogP contribution in [-0.2, 0) is 6.42 Å². The smallest absolute Gasteiger partial charge is 0.194 e. The summed E-state index contributed by atoms with van der Waals surface area (Å²) in [5.74, 6) is -1.60. The number of unbranched alkanes of at least 4 members (excludes halogenated alkanes) is 3. The molecule has 0 bridgehead atoms. The van der Waals surface area contributed by atoms with Crippen LogP contribution in [0.4, 0.5) is 13.2 Å². The summed E-state index contributed by atoms with van der Waals surface area (Å²) in [5, 5.41) is 0. The predicted octanol–water partition coefficient (Wildman–Crippen LogP) is 8.59. The van der Waals surface area contributed by atoms with Crippen LogP contribution < -0.4 is 0 Å². The molecule has 1 heterocycles. The molecule has 4 heteroatoms. The Labute approximate surface area is 183 Å². The number of hydrogen-bond donors (Lipinski definition) is 0. The zero-order chi connectivity index (χ0) is 21.3. The zero-order valence-electron chi connectivity index (χ0n) is 18.9. The Balaban J connectivity index is 1.28. The van der Waals surface area contributed by atoms with E-state index < -0.39 is 26.2 Å². The molecule has 30 heavy (non-hydrogen) atoms. The van der Waals surface area contributed by atoms with Gasteiger partial charge in [-0.2, -0.15) is 0 Å². The highest BCUT2D eigenvalue weighted by molar-refractivity contribution is 6.60. The summed E-state index contributed by atoms with van der Waals surface area (Å²) < 4.78 is 39.7. The Kier molecular flexibility index (Phi) is 9.80. The van der Waals surface area contributed by atoms with E-state index in [1.165, 1.54) is 70.6 Å². The fourth-order valence-electron chi connectivity index (χ4n) is 6.09. The fourth-order valence-corrected chi connectivity index (χ4v) is 10.5. The topological polar surface area (TPSA) is 0 Å². The molecule has 1 aliphatic heterocycles. The zero-order valence-corrected chi connectivity index (χ0v) is 20.1. The number of benzene rings is 1. The molecule has 0 nitrogen and oxygen atoms in total. The predicted molar refractivity (Wildman–Crippen MR) is 123 cm³/mol. The molecule has 1 aromatic rings. The average Bonchev–Trinajstić information content (AvgIpc) is 2.76. The molecule has 2 aliphatic rings. The van der Waals surface area contributed by atoms with Gasteiger partial charge in [-0.1, -0.05) is 96.1 Å². The Morgan fingerprint density at radius 1 is 0.767 bits per heavy atom. The van der Waals surface area contributed by atoms with E-state index in [9.17, 15) is 13.2 Å². The highest BCUT2D eigenvalue weighted by Crippen LogP contribution is 2.42. The normalized spacial score (nSPS) is 27.3. The first-order valence-corrected chi connectivity index (χ1v) is 15.0. The van der Waals surface area contributed by atoms with Crippen molar-refractivity contribution in [3.8, 4) is 0 Å². The van der Waals surface area contributed by atoms with Gasteiger partial charge >= 0.3 is 0 Å². The molecule has 1 saturated heterocycles. The van der Waals surface area contributed by atoms with E-state index in [0.29, 0.717) is 12.0 Å². The first-order valence-electron chi connectivity index (χ1n) is 12.7. The van der Waals surface area contributed by atoms with Crippen LogP contribution in [0.1, 0.15) is 96.0 Å². The van der Waals surface area contributed by atoms with E-state index in [0.717, 1.165) is 42.4 Å². The van der Waals surface area contributed by atoms with Gasteiger partial charge in [0.05, 0.1) is 0 Å². The number of halogens is 3. The van der Waals surface area contributed by atoms with Crippen molar-refractivity contribution in [2.75, 3.05) is 0 Å². The molecule has 0 amide bonds. The quantitative estimate of drug-likeness (QED) is 0.195. The van der Waals surface area contributed by atoms with Gasteiger partial charge in [0.2, 0.25) is 0 Å². The molecule has 1 aromatic carbocycles. The second-order valence-corrected chi connectivity index (χ2v) is 13.8. The van der Waals surface area contributed by atoms with E-state index in [2.05, 4.69) is 6.92 Å². The molecule has 0 aromatic heterocycles. The van der Waals surface area contributed by atoms with Crippen molar-refractivity contribution >= 4 is 8.80 Å². The van der Waals surface area contributed by atoms with Gasteiger partial charge in [0.15, 0.2) is 17.5 Å². The second-order valence-electron chi connectivity index (χ2n) is 10.2. The lowest BCUT2D eigenvalue weighted by molar-refractivity contribution is 0.323. The number of rotatable bonds is 10. The summed E-state index contributed by atoms with van der Waals surface area (Å²) in [6, 6.07) is 5.51. The molecule has 3 rings (SSSR count). The number of aryl methyl sites for hydroxylation is 1. The van der Waals surface area contributed by atoms with E-state index >= 15 is 0 Å². The summed E-state index contributed by atoms with van der Waals surface area (Å²) in [6.45, 7) is 2.30. The summed E-state index contributed by atoms with van der Waals surface area (Å²) >= 11 is 0. The molecule has 0 radical (unpaired) electrons. The third-order valence-corrected chi connectivity index (χ3v) is 12.2. The first kappa shape index (κ1) is 23.9. The molecule has 1 aliphatic carbocycles. The van der Waals surface area contributed by atoms with Gasteiger partial charge in [-0.15, -0.1) is 0 Å². The van der Waals surface area contributed by atoms with Crippen LogP contribution in [0, 0.1) is 29.3 Å². The molecule has 0 atom stereocenters. The minimum atomic E-state index is -1.36. The van der Waals surface area contributed by atoms with Crippen molar-refractivity contribution in [2.24, 2.45) is 11.8 Å². The monoisotopic (exact) mass is 438 g/mol. The van der Waals surface area contributed by atoms with E-state index in [1.807, 2.05) is 0 Å². The van der Waals surface area contributed by atoms with Crippen LogP contribution in [0.25, 0.3) is 0 Å². The molecular weight excluding hydrogens is 397 g/mol. The van der Waals surface area contributed by atoms with Gasteiger partial charge < -0.3 is 0 Å². The van der Waals surface area contributed by atoms with Crippen molar-refractivity contribution in [2.45, 2.75) is 114 Å². The van der Waals surface area contributed by atoms with Gasteiger partial charge in [-0.3, -0.25) is 0 Å². The van der Waals surface area contributed by atoms with Gasteiger partial charge in [0, 0.05) is 8.80 Å². The van der Waals surface area contributed by atoms with Crippen LogP contribution in [0.3, 0.4) is 0 Å². The van der Waals surface area contributed by atoms with Gasteiger partial charge in [0.25, 0.3) is 0 Å². The SMILES string of the molecule is CCCCC[C@H]1CC[Si@H]([C@H]2CC[C@H](CCCCc3cc(F)c(F)c(F)c3)CC2)CC1. The highest BCUT2D eigenvalue weighted by Gasteiger charge is 2.31. The average molecular weight is 439 g/mol. The maximum Gasteiger partial charge on any atom is 0.194 e. The highest BCUT2D eigenvalue weighted by atomic mass is 28.3. The lowest BCUT2D eigenvalue weighted by Gasteiger charge is -2.37. The molecule has 170 valence electrons. The summed E-state index contributed by atoms with van der Waals surface area (Å²) in [6.07, 6.45) is 18.4. The van der Waals surface area contributed by atoms with Gasteiger partial charge in [-0.05, 0) is 47.9 Å².